The van der Waals surface area contributed by atoms with Crippen LogP contribution in [0.3, 0.4) is 0 Å². The van der Waals surface area contributed by atoms with Crippen LogP contribution in [0.5, 0.6) is 0 Å². The average Bonchev–Trinajstić information content (AvgIpc) is 1.94. The van der Waals surface area contributed by atoms with E-state index < -0.39 is 5.69 Å². The summed E-state index contributed by atoms with van der Waals surface area (Å²) in [7, 11) is 0. The molecule has 0 N–H and O–H groups in total. The van der Waals surface area contributed by atoms with Crippen molar-refractivity contribution >= 4 is 0 Å². The monoisotopic (exact) mass is 109 g/mol. The lowest BCUT2D eigenvalue weighted by molar-refractivity contribution is 0.966. The van der Waals surface area contributed by atoms with E-state index in [1.807, 2.05) is 0 Å². The van der Waals surface area contributed by atoms with Crippen LogP contribution in [-0.2, 0) is 0 Å². The molecule has 1 rings (SSSR count). The highest BCUT2D eigenvalue weighted by molar-refractivity contribution is 4.71. The maximum Gasteiger partial charge on any atom is 0.385 e. The second kappa shape index (κ2) is 2.11. The first-order valence-electron chi connectivity index (χ1n) is 2.03. The van der Waals surface area contributed by atoms with Gasteiger partial charge in [-0.3, -0.25) is 0 Å². The summed E-state index contributed by atoms with van der Waals surface area (Å²) in [4.78, 5) is 13.5. The van der Waals surface area contributed by atoms with Crippen molar-refractivity contribution in [2.24, 2.45) is 0 Å². The molecule has 0 spiro atoms. The Morgan fingerprint density at radius 2 is 2.25 bits per heavy atom. The molecule has 8 heavy (non-hydrogen) atoms. The smallest absolute Gasteiger partial charge is 0.242 e. The second-order valence-electron chi connectivity index (χ2n) is 1.12. The molecule has 0 unspecified atom stereocenters. The maximum atomic E-state index is 10.2. The van der Waals surface area contributed by atoms with Crippen LogP contribution in [0.25, 0.3) is 0 Å². The Morgan fingerprint density at radius 1 is 1.38 bits per heavy atom. The third-order valence-electron chi connectivity index (χ3n) is 0.567. The molecule has 0 bridgehead atoms. The molecular weight excluding hydrogens is 106 g/mol. The van der Waals surface area contributed by atoms with Crippen LogP contribution in [0.1, 0.15) is 0 Å². The molecule has 0 atom stereocenters. The van der Waals surface area contributed by atoms with Crippen molar-refractivity contribution in [3.63, 3.8) is 0 Å². The number of hydrogen-bond donors (Lipinski definition) is 0. The van der Waals surface area contributed by atoms with Gasteiger partial charge in [0.2, 0.25) is 0 Å². The number of hydrogen-bond acceptors (Lipinski definition) is 4. The first-order chi connectivity index (χ1) is 3.89. The maximum absolute atomic E-state index is 10.2. The van der Waals surface area contributed by atoms with E-state index in [0.717, 1.165) is 0 Å². The number of aromatic nitrogens is 3. The fraction of sp³-hybridized carbons (Fsp3) is 0. The number of rotatable bonds is 0. The highest BCUT2D eigenvalue weighted by Crippen LogP contribution is 1.59. The van der Waals surface area contributed by atoms with Crippen LogP contribution >= 0.6 is 0 Å². The topological polar surface area (TPSA) is 55.7 Å². The minimum Gasteiger partial charge on any atom is -0.242 e. The third kappa shape index (κ3) is 1.07. The van der Waals surface area contributed by atoms with Crippen molar-refractivity contribution in [1.82, 2.24) is 15.2 Å². The summed E-state index contributed by atoms with van der Waals surface area (Å²) in [5.74, 6) is 0. The standard InChI is InChI=1S/C4H3N3O/c8-4-5-2-1-3-6-7-4/h1-3H. The van der Waals surface area contributed by atoms with E-state index in [9.17, 15) is 4.79 Å². The molecule has 4 nitrogen and oxygen atoms in total. The normalized spacial score (nSPS) is 8.50. The highest BCUT2D eigenvalue weighted by atomic mass is 16.1. The minimum atomic E-state index is -0.560. The quantitative estimate of drug-likeness (QED) is 0.439. The van der Waals surface area contributed by atoms with E-state index in [1.165, 1.54) is 18.5 Å². The van der Waals surface area contributed by atoms with Gasteiger partial charge in [-0.15, -0.1) is 0 Å². The summed E-state index contributed by atoms with van der Waals surface area (Å²) in [5.41, 5.74) is -0.560. The molecular formula is C4H3N3O. The van der Waals surface area contributed by atoms with E-state index >= 15 is 0 Å². The van der Waals surface area contributed by atoms with Crippen molar-refractivity contribution in [1.29, 1.82) is 0 Å². The first kappa shape index (κ1) is 4.83. The molecule has 1 heterocycles. The summed E-state index contributed by atoms with van der Waals surface area (Å²) in [5, 5.41) is 6.45. The van der Waals surface area contributed by atoms with Gasteiger partial charge in [-0.05, 0) is 6.07 Å². The molecule has 0 aliphatic heterocycles. The van der Waals surface area contributed by atoms with Crippen molar-refractivity contribution < 1.29 is 0 Å². The summed E-state index contributed by atoms with van der Waals surface area (Å²) >= 11 is 0. The zero-order valence-electron chi connectivity index (χ0n) is 3.98. The van der Waals surface area contributed by atoms with Crippen molar-refractivity contribution in [3.8, 4) is 0 Å². The molecule has 0 amide bonds. The van der Waals surface area contributed by atoms with Crippen molar-refractivity contribution in [2.75, 3.05) is 0 Å². The van der Waals surface area contributed by atoms with Crippen LogP contribution in [0.15, 0.2) is 23.3 Å². The molecule has 0 saturated carbocycles. The van der Waals surface area contributed by atoms with E-state index in [4.69, 9.17) is 0 Å². The lowest BCUT2D eigenvalue weighted by Crippen LogP contribution is -2.05. The van der Waals surface area contributed by atoms with Gasteiger partial charge in [0.1, 0.15) is 0 Å². The molecule has 4 heteroatoms. The van der Waals surface area contributed by atoms with E-state index in [-0.39, 0.29) is 0 Å². The Labute approximate surface area is 45.2 Å². The van der Waals surface area contributed by atoms with Crippen molar-refractivity contribution in [3.05, 3.63) is 28.9 Å². The molecule has 40 valence electrons. The summed E-state index contributed by atoms with van der Waals surface area (Å²) in [6.07, 6.45) is 2.75. The third-order valence-corrected chi connectivity index (χ3v) is 0.567. The van der Waals surface area contributed by atoms with E-state index in [1.54, 1.807) is 0 Å². The van der Waals surface area contributed by atoms with Gasteiger partial charge < -0.3 is 0 Å². The highest BCUT2D eigenvalue weighted by Gasteiger charge is 1.73. The van der Waals surface area contributed by atoms with Gasteiger partial charge in [0.25, 0.3) is 0 Å². The van der Waals surface area contributed by atoms with Crippen LogP contribution in [0.4, 0.5) is 0 Å². The van der Waals surface area contributed by atoms with Gasteiger partial charge in [0, 0.05) is 6.20 Å². The molecule has 0 aromatic carbocycles. The zero-order chi connectivity index (χ0) is 5.82. The molecule has 0 aliphatic rings. The fourth-order valence-electron chi connectivity index (χ4n) is 0.292. The summed E-state index contributed by atoms with van der Waals surface area (Å²) in [6, 6.07) is 1.54. The molecule has 0 radical (unpaired) electrons. The van der Waals surface area contributed by atoms with Gasteiger partial charge in [-0.1, -0.05) is 5.10 Å². The SMILES string of the molecule is O=c1ncccnn1. The van der Waals surface area contributed by atoms with Crippen LogP contribution in [0, 0.1) is 0 Å². The predicted octanol–water partition coefficient (Wildman–Crippen LogP) is -0.768. The lowest BCUT2D eigenvalue weighted by Gasteiger charge is -1.55. The van der Waals surface area contributed by atoms with E-state index in [2.05, 4.69) is 15.2 Å². The molecule has 0 aliphatic carbocycles. The van der Waals surface area contributed by atoms with Gasteiger partial charge >= 0.3 is 5.69 Å². The fourth-order valence-corrected chi connectivity index (χ4v) is 0.292. The number of nitrogens with zero attached hydrogens (tertiary/aromatic N) is 3. The van der Waals surface area contributed by atoms with Gasteiger partial charge in [-0.2, -0.15) is 10.1 Å². The Bertz CT molecular complexity index is 202. The summed E-state index contributed by atoms with van der Waals surface area (Å²) in [6.45, 7) is 0. The lowest BCUT2D eigenvalue weighted by atomic mass is 10.7. The Kier molecular flexibility index (Phi) is 1.27. The molecule has 1 aromatic rings. The van der Waals surface area contributed by atoms with Crippen LogP contribution in [-0.4, -0.2) is 15.2 Å². The average molecular weight is 109 g/mol. The summed E-state index contributed by atoms with van der Waals surface area (Å²) < 4.78 is 0. The Balaban J connectivity index is 3.32. The Morgan fingerprint density at radius 3 is 3.12 bits per heavy atom. The van der Waals surface area contributed by atoms with Gasteiger partial charge in [-0.25, -0.2) is 4.79 Å². The van der Waals surface area contributed by atoms with Crippen LogP contribution in [0.2, 0.25) is 0 Å². The first-order valence-corrected chi connectivity index (χ1v) is 2.03. The van der Waals surface area contributed by atoms with Gasteiger partial charge in [0.05, 0.1) is 6.20 Å². The molecule has 0 saturated heterocycles. The largest absolute Gasteiger partial charge is 0.385 e. The minimum absolute atomic E-state index is 0.560. The molecule has 1 aromatic heterocycles. The Hall–Kier alpha value is -1.32. The van der Waals surface area contributed by atoms with E-state index in [0.29, 0.717) is 0 Å². The zero-order valence-corrected chi connectivity index (χ0v) is 3.98. The second-order valence-corrected chi connectivity index (χ2v) is 1.12. The van der Waals surface area contributed by atoms with Crippen molar-refractivity contribution in [2.45, 2.75) is 0 Å². The van der Waals surface area contributed by atoms with Gasteiger partial charge in [0.15, 0.2) is 0 Å². The van der Waals surface area contributed by atoms with Crippen LogP contribution < -0.4 is 5.69 Å². The predicted molar refractivity (Wildman–Crippen MR) is 26.1 cm³/mol. The molecule has 0 fully saturated rings.